The summed E-state index contributed by atoms with van der Waals surface area (Å²) in [6.07, 6.45) is 8.71. The van der Waals surface area contributed by atoms with Crippen LogP contribution in [0.4, 0.5) is 5.82 Å². The van der Waals surface area contributed by atoms with Gasteiger partial charge in [-0.25, -0.2) is 10.8 Å². The zero-order valence-corrected chi connectivity index (χ0v) is 8.76. The molecule has 2 rings (SSSR count). The molecule has 1 aliphatic rings. The van der Waals surface area contributed by atoms with Crippen molar-refractivity contribution in [1.82, 2.24) is 9.97 Å². The fourth-order valence-electron chi connectivity index (χ4n) is 1.65. The van der Waals surface area contributed by atoms with Crippen LogP contribution in [0.3, 0.4) is 0 Å². The molecule has 76 valence electrons. The first kappa shape index (κ1) is 9.73. The summed E-state index contributed by atoms with van der Waals surface area (Å²) >= 11 is 1.81. The van der Waals surface area contributed by atoms with Gasteiger partial charge in [0.15, 0.2) is 5.82 Å². The van der Waals surface area contributed by atoms with Gasteiger partial charge >= 0.3 is 0 Å². The number of hydrazine groups is 1. The number of aromatic nitrogens is 2. The van der Waals surface area contributed by atoms with E-state index in [1.807, 2.05) is 11.8 Å². The Hall–Kier alpha value is -0.810. The van der Waals surface area contributed by atoms with Crippen LogP contribution in [0.1, 0.15) is 25.7 Å². The lowest BCUT2D eigenvalue weighted by Crippen LogP contribution is -2.09. The Morgan fingerprint density at radius 3 is 2.86 bits per heavy atom. The molecule has 0 aromatic carbocycles. The summed E-state index contributed by atoms with van der Waals surface area (Å²) < 4.78 is 0. The molecule has 5 heteroatoms. The van der Waals surface area contributed by atoms with E-state index in [0.717, 1.165) is 10.3 Å². The van der Waals surface area contributed by atoms with Crippen LogP contribution in [-0.2, 0) is 0 Å². The molecule has 0 unspecified atom stereocenters. The lowest BCUT2D eigenvalue weighted by atomic mass is 10.4. The maximum atomic E-state index is 5.27. The molecule has 0 atom stereocenters. The number of anilines is 1. The second kappa shape index (κ2) is 4.61. The third kappa shape index (κ3) is 2.36. The molecule has 1 fully saturated rings. The van der Waals surface area contributed by atoms with Gasteiger partial charge in [0.25, 0.3) is 0 Å². The number of nitrogens with two attached hydrogens (primary N) is 1. The number of thioether (sulfide) groups is 1. The minimum Gasteiger partial charge on any atom is -0.307 e. The summed E-state index contributed by atoms with van der Waals surface area (Å²) in [6.45, 7) is 0. The van der Waals surface area contributed by atoms with Crippen molar-refractivity contribution in [2.24, 2.45) is 5.84 Å². The average Bonchev–Trinajstić information content (AvgIpc) is 2.71. The molecular formula is C9H14N4S. The number of hydrogen-bond donors (Lipinski definition) is 2. The van der Waals surface area contributed by atoms with Crippen molar-refractivity contribution in [3.63, 3.8) is 0 Å². The van der Waals surface area contributed by atoms with Crippen molar-refractivity contribution >= 4 is 17.6 Å². The smallest absolute Gasteiger partial charge is 0.159 e. The standard InChI is InChI=1S/C9H14N4S/c10-13-8-5-11-6-9(12-8)14-7-3-1-2-4-7/h5-7H,1-4,10H2,(H,12,13). The third-order valence-electron chi connectivity index (χ3n) is 2.35. The quantitative estimate of drug-likeness (QED) is 0.588. The Balaban J connectivity index is 2.00. The van der Waals surface area contributed by atoms with E-state index in [1.54, 1.807) is 12.4 Å². The molecule has 0 saturated heterocycles. The van der Waals surface area contributed by atoms with Gasteiger partial charge in [-0.05, 0) is 12.8 Å². The van der Waals surface area contributed by atoms with Gasteiger partial charge in [-0.2, -0.15) is 0 Å². The van der Waals surface area contributed by atoms with Crippen LogP contribution in [0.25, 0.3) is 0 Å². The molecule has 1 aromatic rings. The largest absolute Gasteiger partial charge is 0.307 e. The van der Waals surface area contributed by atoms with Gasteiger partial charge in [0, 0.05) is 5.25 Å². The van der Waals surface area contributed by atoms with Crippen LogP contribution in [0.2, 0.25) is 0 Å². The summed E-state index contributed by atoms with van der Waals surface area (Å²) in [5.74, 6) is 5.90. The second-order valence-electron chi connectivity index (χ2n) is 3.41. The summed E-state index contributed by atoms with van der Waals surface area (Å²) in [6, 6.07) is 0. The molecule has 0 radical (unpaired) electrons. The Labute approximate surface area is 87.7 Å². The van der Waals surface area contributed by atoms with Gasteiger partial charge in [0.2, 0.25) is 0 Å². The monoisotopic (exact) mass is 210 g/mol. The van der Waals surface area contributed by atoms with E-state index in [1.165, 1.54) is 25.7 Å². The second-order valence-corrected chi connectivity index (χ2v) is 4.73. The summed E-state index contributed by atoms with van der Waals surface area (Å²) in [7, 11) is 0. The lowest BCUT2D eigenvalue weighted by Gasteiger charge is -2.07. The summed E-state index contributed by atoms with van der Waals surface area (Å²) in [4.78, 5) is 8.39. The van der Waals surface area contributed by atoms with Crippen molar-refractivity contribution < 1.29 is 0 Å². The number of nitrogens with zero attached hydrogens (tertiary/aromatic N) is 2. The minimum absolute atomic E-state index is 0.632. The van der Waals surface area contributed by atoms with Crippen LogP contribution in [0.5, 0.6) is 0 Å². The van der Waals surface area contributed by atoms with Crippen LogP contribution in [-0.4, -0.2) is 15.2 Å². The van der Waals surface area contributed by atoms with Crippen LogP contribution < -0.4 is 11.3 Å². The van der Waals surface area contributed by atoms with E-state index >= 15 is 0 Å². The number of nitrogen functional groups attached to an aromatic ring is 1. The first-order valence-corrected chi connectivity index (χ1v) is 5.72. The highest BCUT2D eigenvalue weighted by molar-refractivity contribution is 7.99. The molecule has 14 heavy (non-hydrogen) atoms. The van der Waals surface area contributed by atoms with Crippen molar-refractivity contribution in [3.05, 3.63) is 12.4 Å². The van der Waals surface area contributed by atoms with E-state index < -0.39 is 0 Å². The predicted octanol–water partition coefficient (Wildman–Crippen LogP) is 1.80. The molecule has 1 aromatic heterocycles. The highest BCUT2D eigenvalue weighted by Gasteiger charge is 2.16. The summed E-state index contributed by atoms with van der Waals surface area (Å²) in [5, 5.41) is 1.68. The first-order chi connectivity index (χ1) is 6.88. The van der Waals surface area contributed by atoms with Crippen molar-refractivity contribution in [2.45, 2.75) is 36.0 Å². The van der Waals surface area contributed by atoms with Gasteiger partial charge in [0.1, 0.15) is 5.03 Å². The predicted molar refractivity (Wildman–Crippen MR) is 58.0 cm³/mol. The van der Waals surface area contributed by atoms with E-state index in [0.29, 0.717) is 5.82 Å². The SMILES string of the molecule is NNc1cncc(SC2CCCC2)n1. The van der Waals surface area contributed by atoms with Gasteiger partial charge in [-0.1, -0.05) is 12.8 Å². The van der Waals surface area contributed by atoms with Crippen LogP contribution >= 0.6 is 11.8 Å². The molecule has 0 amide bonds. The Kier molecular flexibility index (Phi) is 3.21. The number of nitrogens with one attached hydrogen (secondary N) is 1. The van der Waals surface area contributed by atoms with E-state index in [9.17, 15) is 0 Å². The molecule has 1 heterocycles. The molecule has 1 aliphatic carbocycles. The van der Waals surface area contributed by atoms with Gasteiger partial charge in [0.05, 0.1) is 12.4 Å². The van der Waals surface area contributed by atoms with Gasteiger partial charge < -0.3 is 5.43 Å². The number of hydrogen-bond acceptors (Lipinski definition) is 5. The van der Waals surface area contributed by atoms with Crippen molar-refractivity contribution in [1.29, 1.82) is 0 Å². The molecule has 3 N–H and O–H groups in total. The summed E-state index contributed by atoms with van der Waals surface area (Å²) in [5.41, 5.74) is 2.51. The number of rotatable bonds is 3. The molecular weight excluding hydrogens is 196 g/mol. The molecule has 4 nitrogen and oxygen atoms in total. The van der Waals surface area contributed by atoms with Gasteiger partial charge in [-0.3, -0.25) is 4.98 Å². The molecule has 0 spiro atoms. The van der Waals surface area contributed by atoms with Crippen molar-refractivity contribution in [2.75, 3.05) is 5.43 Å². The topological polar surface area (TPSA) is 63.8 Å². The third-order valence-corrected chi connectivity index (χ3v) is 3.59. The highest BCUT2D eigenvalue weighted by Crippen LogP contribution is 2.33. The van der Waals surface area contributed by atoms with E-state index in [-0.39, 0.29) is 0 Å². The maximum Gasteiger partial charge on any atom is 0.159 e. The zero-order chi connectivity index (χ0) is 9.80. The first-order valence-electron chi connectivity index (χ1n) is 4.84. The maximum absolute atomic E-state index is 5.27. The van der Waals surface area contributed by atoms with Crippen LogP contribution in [0, 0.1) is 0 Å². The molecule has 0 aliphatic heterocycles. The minimum atomic E-state index is 0.632. The highest BCUT2D eigenvalue weighted by atomic mass is 32.2. The Morgan fingerprint density at radius 2 is 2.14 bits per heavy atom. The van der Waals surface area contributed by atoms with Crippen molar-refractivity contribution in [3.8, 4) is 0 Å². The van der Waals surface area contributed by atoms with E-state index in [4.69, 9.17) is 5.84 Å². The van der Waals surface area contributed by atoms with E-state index in [2.05, 4.69) is 15.4 Å². The fourth-order valence-corrected chi connectivity index (χ4v) is 2.83. The fraction of sp³-hybridized carbons (Fsp3) is 0.556. The lowest BCUT2D eigenvalue weighted by molar-refractivity contribution is 0.886. The Bertz CT molecular complexity index is 299. The molecule has 1 saturated carbocycles. The normalized spacial score (nSPS) is 17.2. The van der Waals surface area contributed by atoms with Gasteiger partial charge in [-0.15, -0.1) is 11.8 Å². The van der Waals surface area contributed by atoms with Crippen LogP contribution in [0.15, 0.2) is 17.4 Å². The average molecular weight is 210 g/mol. The Morgan fingerprint density at radius 1 is 1.36 bits per heavy atom. The molecule has 0 bridgehead atoms. The zero-order valence-electron chi connectivity index (χ0n) is 7.94.